The first kappa shape index (κ1) is 18.5. The number of aliphatic hydroxyl groups excluding tert-OH is 1. The summed E-state index contributed by atoms with van der Waals surface area (Å²) in [6.45, 7) is 0. The number of nitrogens with zero attached hydrogens (tertiary/aromatic N) is 3. The highest BCUT2D eigenvalue weighted by Crippen LogP contribution is 2.33. The molecule has 2 aromatic carbocycles. The molecule has 11 heteroatoms. The van der Waals surface area contributed by atoms with Crippen LogP contribution < -0.4 is 5.43 Å². The second kappa shape index (κ2) is 7.81. The number of rotatable bonds is 6. The zero-order valence-electron chi connectivity index (χ0n) is 13.0. The van der Waals surface area contributed by atoms with Crippen molar-refractivity contribution in [2.24, 2.45) is 5.10 Å². The van der Waals surface area contributed by atoms with Gasteiger partial charge in [0.1, 0.15) is 0 Å². The first-order valence-corrected chi connectivity index (χ1v) is 7.03. The molecule has 0 saturated carbocycles. The molecule has 3 N–H and O–H groups in total. The van der Waals surface area contributed by atoms with Crippen molar-refractivity contribution in [2.75, 3.05) is 0 Å². The topological polar surface area (TPSA) is 168 Å². The first-order valence-electron chi connectivity index (χ1n) is 7.03. The molecule has 1 atom stereocenters. The Labute approximate surface area is 145 Å². The number of benzene rings is 2. The highest BCUT2D eigenvalue weighted by Gasteiger charge is 2.23. The maximum atomic E-state index is 11.8. The molecule has 11 nitrogen and oxygen atoms in total. The lowest BCUT2D eigenvalue weighted by atomic mass is 10.1. The molecule has 0 aliphatic rings. The number of non-ortho nitro benzene ring substituents is 1. The van der Waals surface area contributed by atoms with Crippen molar-refractivity contribution in [2.45, 2.75) is 6.10 Å². The summed E-state index contributed by atoms with van der Waals surface area (Å²) < 4.78 is 0. The standard InChI is InChI=1S/C15H12N4O7/c20-13-10(6-11(18(23)24)7-12(13)19(25)26)8-16-17-15(22)14(21)9-4-2-1-3-5-9/h1-8,14,20-21H,(H,17,22)/t14-/m1/s1. The van der Waals surface area contributed by atoms with E-state index in [-0.39, 0.29) is 5.56 Å². The van der Waals surface area contributed by atoms with Gasteiger partial charge in [0.05, 0.1) is 27.7 Å². The molecular weight excluding hydrogens is 348 g/mol. The van der Waals surface area contributed by atoms with Gasteiger partial charge in [-0.2, -0.15) is 5.10 Å². The number of amides is 1. The lowest BCUT2D eigenvalue weighted by Crippen LogP contribution is -2.25. The molecule has 0 aliphatic heterocycles. The van der Waals surface area contributed by atoms with Crippen LogP contribution in [0, 0.1) is 20.2 Å². The maximum Gasteiger partial charge on any atom is 0.318 e. The number of phenols is 1. The molecule has 0 saturated heterocycles. The minimum atomic E-state index is -1.51. The van der Waals surface area contributed by atoms with Crippen LogP contribution in [0.3, 0.4) is 0 Å². The van der Waals surface area contributed by atoms with E-state index in [1.54, 1.807) is 18.2 Å². The molecule has 0 spiro atoms. The Morgan fingerprint density at radius 3 is 2.38 bits per heavy atom. The van der Waals surface area contributed by atoms with Gasteiger partial charge in [-0.15, -0.1) is 0 Å². The summed E-state index contributed by atoms with van der Waals surface area (Å²) in [5.41, 5.74) is 0.440. The Morgan fingerprint density at radius 2 is 1.81 bits per heavy atom. The van der Waals surface area contributed by atoms with E-state index in [1.807, 2.05) is 5.43 Å². The van der Waals surface area contributed by atoms with Crippen molar-refractivity contribution in [3.05, 3.63) is 73.8 Å². The lowest BCUT2D eigenvalue weighted by molar-refractivity contribution is -0.394. The van der Waals surface area contributed by atoms with Gasteiger partial charge < -0.3 is 10.2 Å². The Kier molecular flexibility index (Phi) is 5.55. The summed E-state index contributed by atoms with van der Waals surface area (Å²) in [5, 5.41) is 44.8. The molecule has 1 amide bonds. The predicted molar refractivity (Wildman–Crippen MR) is 88.6 cm³/mol. The highest BCUT2D eigenvalue weighted by atomic mass is 16.6. The van der Waals surface area contributed by atoms with Gasteiger partial charge in [-0.05, 0) is 5.56 Å². The summed E-state index contributed by atoms with van der Waals surface area (Å²) >= 11 is 0. The number of nitro benzene ring substituents is 2. The molecule has 0 radical (unpaired) electrons. The van der Waals surface area contributed by atoms with Crippen LogP contribution in [0.5, 0.6) is 5.75 Å². The average Bonchev–Trinajstić information content (AvgIpc) is 2.62. The summed E-state index contributed by atoms with van der Waals surface area (Å²) in [5.74, 6) is -1.74. The third-order valence-corrected chi connectivity index (χ3v) is 3.25. The van der Waals surface area contributed by atoms with Crippen molar-refractivity contribution in [3.8, 4) is 5.75 Å². The van der Waals surface area contributed by atoms with Gasteiger partial charge in [-0.1, -0.05) is 30.3 Å². The molecule has 0 aromatic heterocycles. The molecule has 26 heavy (non-hydrogen) atoms. The monoisotopic (exact) mass is 360 g/mol. The SMILES string of the molecule is O=C(NN=Cc1cc([N+](=O)[O-])cc([N+](=O)[O-])c1O)[C@H](O)c1ccccc1. The van der Waals surface area contributed by atoms with E-state index >= 15 is 0 Å². The number of carbonyl (C=O) groups excluding carboxylic acids is 1. The molecular formula is C15H12N4O7. The van der Waals surface area contributed by atoms with E-state index in [4.69, 9.17) is 0 Å². The summed E-state index contributed by atoms with van der Waals surface area (Å²) in [4.78, 5) is 31.6. The molecule has 2 aromatic rings. The van der Waals surface area contributed by atoms with Gasteiger partial charge in [-0.25, -0.2) is 5.43 Å². The van der Waals surface area contributed by atoms with Crippen LogP contribution in [0.15, 0.2) is 47.6 Å². The fourth-order valence-corrected chi connectivity index (χ4v) is 1.98. The quantitative estimate of drug-likeness (QED) is 0.397. The van der Waals surface area contributed by atoms with Crippen molar-refractivity contribution in [3.63, 3.8) is 0 Å². The Hall–Kier alpha value is -3.86. The van der Waals surface area contributed by atoms with Gasteiger partial charge >= 0.3 is 5.69 Å². The minimum absolute atomic E-state index is 0.314. The molecule has 0 unspecified atom stereocenters. The number of hydrazone groups is 1. The number of aliphatic hydroxyl groups is 1. The Balaban J connectivity index is 2.21. The van der Waals surface area contributed by atoms with E-state index in [1.165, 1.54) is 12.1 Å². The van der Waals surface area contributed by atoms with Crippen LogP contribution in [-0.4, -0.2) is 32.2 Å². The zero-order valence-corrected chi connectivity index (χ0v) is 13.0. The van der Waals surface area contributed by atoms with Gasteiger partial charge in [0.2, 0.25) is 5.75 Å². The van der Waals surface area contributed by atoms with Crippen LogP contribution in [0.25, 0.3) is 0 Å². The highest BCUT2D eigenvalue weighted by molar-refractivity contribution is 5.89. The molecule has 0 heterocycles. The third-order valence-electron chi connectivity index (χ3n) is 3.25. The molecule has 2 rings (SSSR count). The van der Waals surface area contributed by atoms with Crippen molar-refractivity contribution >= 4 is 23.5 Å². The van der Waals surface area contributed by atoms with Crippen LogP contribution in [0.2, 0.25) is 0 Å². The van der Waals surface area contributed by atoms with Gasteiger partial charge in [0.25, 0.3) is 11.6 Å². The predicted octanol–water partition coefficient (Wildman–Crippen LogP) is 1.39. The summed E-state index contributed by atoms with van der Waals surface area (Å²) in [6, 6.07) is 9.43. The molecule has 0 aliphatic carbocycles. The number of hydrogen-bond acceptors (Lipinski definition) is 8. The van der Waals surface area contributed by atoms with E-state index in [0.717, 1.165) is 12.3 Å². The largest absolute Gasteiger partial charge is 0.502 e. The zero-order chi connectivity index (χ0) is 19.3. The minimum Gasteiger partial charge on any atom is -0.502 e. The Bertz CT molecular complexity index is 883. The normalized spacial score (nSPS) is 11.9. The van der Waals surface area contributed by atoms with E-state index in [2.05, 4.69) is 5.10 Å². The Morgan fingerprint density at radius 1 is 1.15 bits per heavy atom. The van der Waals surface area contributed by atoms with Gasteiger partial charge in [-0.3, -0.25) is 25.0 Å². The van der Waals surface area contributed by atoms with Crippen LogP contribution in [0.1, 0.15) is 17.2 Å². The van der Waals surface area contributed by atoms with Gasteiger partial charge in [0.15, 0.2) is 6.10 Å². The molecule has 134 valence electrons. The molecule has 0 bridgehead atoms. The summed E-state index contributed by atoms with van der Waals surface area (Å²) in [7, 11) is 0. The lowest BCUT2D eigenvalue weighted by Gasteiger charge is -2.08. The number of aromatic hydroxyl groups is 1. The van der Waals surface area contributed by atoms with Crippen LogP contribution in [0.4, 0.5) is 11.4 Å². The number of nitro groups is 2. The average molecular weight is 360 g/mol. The van der Waals surface area contributed by atoms with E-state index < -0.39 is 39.0 Å². The number of hydrogen-bond donors (Lipinski definition) is 3. The number of nitrogens with one attached hydrogen (secondary N) is 1. The van der Waals surface area contributed by atoms with E-state index in [0.29, 0.717) is 11.6 Å². The number of carbonyl (C=O) groups is 1. The van der Waals surface area contributed by atoms with Gasteiger partial charge in [0, 0.05) is 6.07 Å². The second-order valence-electron chi connectivity index (χ2n) is 4.96. The van der Waals surface area contributed by atoms with Crippen molar-refractivity contribution in [1.82, 2.24) is 5.43 Å². The second-order valence-corrected chi connectivity index (χ2v) is 4.96. The van der Waals surface area contributed by atoms with Crippen molar-refractivity contribution < 1.29 is 24.9 Å². The smallest absolute Gasteiger partial charge is 0.318 e. The van der Waals surface area contributed by atoms with Crippen molar-refractivity contribution in [1.29, 1.82) is 0 Å². The maximum absolute atomic E-state index is 11.8. The number of phenolic OH excluding ortho intramolecular Hbond substituents is 1. The fourth-order valence-electron chi connectivity index (χ4n) is 1.98. The van der Waals surface area contributed by atoms with Crippen LogP contribution >= 0.6 is 0 Å². The third kappa shape index (κ3) is 4.15. The first-order chi connectivity index (χ1) is 12.3. The summed E-state index contributed by atoms with van der Waals surface area (Å²) in [6.07, 6.45) is -0.716. The van der Waals surface area contributed by atoms with Crippen LogP contribution in [-0.2, 0) is 4.79 Å². The fraction of sp³-hybridized carbons (Fsp3) is 0.0667. The molecule has 0 fully saturated rings. The van der Waals surface area contributed by atoms with E-state index in [9.17, 15) is 35.2 Å².